The number of anilines is 1. The number of nitrogens with zero attached hydrogens (tertiary/aromatic N) is 4. The van der Waals surface area contributed by atoms with Crippen LogP contribution in [0.5, 0.6) is 0 Å². The van der Waals surface area contributed by atoms with E-state index in [9.17, 15) is 18.4 Å². The van der Waals surface area contributed by atoms with Crippen molar-refractivity contribution >= 4 is 29.7 Å². The third kappa shape index (κ3) is 3.06. The smallest absolute Gasteiger partial charge is 0.272 e. The molecule has 0 saturated carbocycles. The predicted molar refractivity (Wildman–Crippen MR) is 103 cm³/mol. The number of carbonyl (C=O) groups excluding carboxylic acids is 2. The normalized spacial score (nSPS) is 18.1. The number of fused-ring (bicyclic) bond motifs is 1. The van der Waals surface area contributed by atoms with Crippen molar-refractivity contribution in [3.8, 4) is 11.8 Å². The van der Waals surface area contributed by atoms with Crippen LogP contribution in [0.2, 0.25) is 0 Å². The first kappa shape index (κ1) is 18.5. The van der Waals surface area contributed by atoms with Gasteiger partial charge >= 0.3 is 6.03 Å². The Bertz CT molecular complexity index is 1140. The zero-order valence-corrected chi connectivity index (χ0v) is 15.6. The van der Waals surface area contributed by atoms with Crippen LogP contribution in [0.25, 0.3) is 0 Å². The van der Waals surface area contributed by atoms with Crippen LogP contribution < -0.4 is 4.90 Å². The van der Waals surface area contributed by atoms with E-state index in [0.29, 0.717) is 16.3 Å². The van der Waals surface area contributed by atoms with Gasteiger partial charge in [-0.25, -0.2) is 18.5 Å². The lowest BCUT2D eigenvalue weighted by atomic mass is 10.0. The summed E-state index contributed by atoms with van der Waals surface area (Å²) in [4.78, 5) is 27.1. The number of benzene rings is 2. The van der Waals surface area contributed by atoms with Crippen LogP contribution in [0.15, 0.2) is 47.6 Å². The Morgan fingerprint density at radius 3 is 2.31 bits per heavy atom. The van der Waals surface area contributed by atoms with Crippen LogP contribution in [-0.4, -0.2) is 47.7 Å². The summed E-state index contributed by atoms with van der Waals surface area (Å²) >= 11 is 0. The molecule has 1 fully saturated rings. The summed E-state index contributed by atoms with van der Waals surface area (Å²) in [6, 6.07) is 10.1. The van der Waals surface area contributed by atoms with Gasteiger partial charge in [-0.2, -0.15) is 4.90 Å². The highest BCUT2D eigenvalue weighted by Gasteiger charge is 2.52. The molecule has 2 aromatic carbocycles. The molecule has 2 aliphatic rings. The van der Waals surface area contributed by atoms with E-state index in [0.717, 1.165) is 17.0 Å². The maximum Gasteiger partial charge on any atom is 0.422 e. The molecule has 0 aliphatic carbocycles. The number of hydrogen-bond acceptors (Lipinski definition) is 3. The number of urea groups is 1. The largest absolute Gasteiger partial charge is 0.422 e. The number of carbonyl (C=O) groups is 2. The number of imide groups is 1. The molecule has 144 valence electrons. The van der Waals surface area contributed by atoms with Crippen LogP contribution >= 0.6 is 0 Å². The van der Waals surface area contributed by atoms with Crippen LogP contribution in [0.1, 0.15) is 11.1 Å². The monoisotopic (exact) mass is 393 g/mol. The SMILES string of the molecule is CN1C(=O)N(c2c(F)cc(C#Cc3ccccc3)cc2F)C(=O)C2C=N[N+](C)=C21. The van der Waals surface area contributed by atoms with Crippen LogP contribution in [0, 0.1) is 29.4 Å². The molecule has 1 unspecified atom stereocenters. The van der Waals surface area contributed by atoms with Gasteiger partial charge in [-0.3, -0.25) is 4.79 Å². The molecular weight excluding hydrogens is 378 g/mol. The molecule has 0 N–H and O–H groups in total. The van der Waals surface area contributed by atoms with Crippen LogP contribution in [0.3, 0.4) is 0 Å². The average molecular weight is 393 g/mol. The summed E-state index contributed by atoms with van der Waals surface area (Å²) in [5.74, 6) is 2.07. The van der Waals surface area contributed by atoms with E-state index >= 15 is 0 Å². The molecule has 0 aromatic heterocycles. The van der Waals surface area contributed by atoms with Crippen molar-refractivity contribution in [2.75, 3.05) is 19.0 Å². The zero-order valence-electron chi connectivity index (χ0n) is 15.6. The van der Waals surface area contributed by atoms with E-state index in [-0.39, 0.29) is 5.56 Å². The topological polar surface area (TPSA) is 56.0 Å². The fourth-order valence-electron chi connectivity index (χ4n) is 3.30. The van der Waals surface area contributed by atoms with E-state index in [4.69, 9.17) is 0 Å². The van der Waals surface area contributed by atoms with E-state index in [2.05, 4.69) is 16.9 Å². The average Bonchev–Trinajstić information content (AvgIpc) is 3.09. The molecule has 2 heterocycles. The molecule has 0 radical (unpaired) electrons. The second-order valence-electron chi connectivity index (χ2n) is 6.54. The Morgan fingerprint density at radius 1 is 1.03 bits per heavy atom. The van der Waals surface area contributed by atoms with Gasteiger partial charge in [-0.15, -0.1) is 4.68 Å². The van der Waals surface area contributed by atoms with Crippen molar-refractivity contribution in [3.05, 3.63) is 65.2 Å². The number of halogens is 2. The minimum Gasteiger partial charge on any atom is -0.272 e. The van der Waals surface area contributed by atoms with Gasteiger partial charge < -0.3 is 0 Å². The van der Waals surface area contributed by atoms with Gasteiger partial charge in [0.05, 0.1) is 13.3 Å². The Balaban J connectivity index is 1.73. The predicted octanol–water partition coefficient (Wildman–Crippen LogP) is 2.42. The first-order valence-electron chi connectivity index (χ1n) is 8.71. The van der Waals surface area contributed by atoms with E-state index in [1.54, 1.807) is 31.3 Å². The Labute approximate surface area is 165 Å². The Kier molecular flexibility index (Phi) is 4.43. The molecule has 29 heavy (non-hydrogen) atoms. The zero-order chi connectivity index (χ0) is 20.7. The molecule has 1 atom stereocenters. The van der Waals surface area contributed by atoms with E-state index in [1.807, 2.05) is 6.07 Å². The third-order valence-corrected chi connectivity index (χ3v) is 4.67. The fourth-order valence-corrected chi connectivity index (χ4v) is 3.30. The number of rotatable bonds is 1. The number of hydrogen-bond donors (Lipinski definition) is 0. The van der Waals surface area contributed by atoms with Crippen molar-refractivity contribution in [2.45, 2.75) is 0 Å². The Morgan fingerprint density at radius 2 is 1.66 bits per heavy atom. The maximum atomic E-state index is 14.8. The summed E-state index contributed by atoms with van der Waals surface area (Å²) in [5.41, 5.74) is 0.0551. The summed E-state index contributed by atoms with van der Waals surface area (Å²) in [5, 5.41) is 3.98. The highest BCUT2D eigenvalue weighted by molar-refractivity contribution is 6.33. The van der Waals surface area contributed by atoms with Crippen molar-refractivity contribution in [2.24, 2.45) is 11.0 Å². The van der Waals surface area contributed by atoms with Crippen LogP contribution in [0.4, 0.5) is 19.3 Å². The van der Waals surface area contributed by atoms with Gasteiger partial charge in [0.2, 0.25) is 0 Å². The molecule has 6 nitrogen and oxygen atoms in total. The first-order chi connectivity index (χ1) is 13.9. The maximum absolute atomic E-state index is 14.8. The quantitative estimate of drug-likeness (QED) is 0.552. The van der Waals surface area contributed by atoms with Crippen molar-refractivity contribution in [3.63, 3.8) is 0 Å². The third-order valence-electron chi connectivity index (χ3n) is 4.67. The fraction of sp³-hybridized carbons (Fsp3) is 0.143. The Hall–Kier alpha value is -3.86. The number of hydrazone groups is 1. The van der Waals surface area contributed by atoms with Gasteiger partial charge in [0, 0.05) is 11.1 Å². The van der Waals surface area contributed by atoms with Gasteiger partial charge in [0.1, 0.15) is 12.7 Å². The molecule has 8 heteroatoms. The standard InChI is InChI=1S/C21H15F2N4O2/c1-25-19-15(12-24-26(19)2)20(28)27(21(25)29)18-16(22)10-14(11-17(18)23)9-8-13-6-4-3-5-7-13/h3-7,10-12,15H,1-2H3/q+1. The lowest BCUT2D eigenvalue weighted by molar-refractivity contribution is -0.503. The minimum absolute atomic E-state index is 0.0901. The molecule has 1 saturated heterocycles. The van der Waals surface area contributed by atoms with E-state index < -0.39 is 35.2 Å². The van der Waals surface area contributed by atoms with Crippen molar-refractivity contribution in [1.82, 2.24) is 4.90 Å². The first-order valence-corrected chi connectivity index (χ1v) is 8.71. The summed E-state index contributed by atoms with van der Waals surface area (Å²) in [6.45, 7) is 0. The molecule has 4 rings (SSSR count). The lowest BCUT2D eigenvalue weighted by Gasteiger charge is -2.29. The highest BCUT2D eigenvalue weighted by atomic mass is 19.1. The van der Waals surface area contributed by atoms with Crippen molar-refractivity contribution in [1.29, 1.82) is 0 Å². The van der Waals surface area contributed by atoms with Gasteiger partial charge in [-0.05, 0) is 24.3 Å². The van der Waals surface area contributed by atoms with Gasteiger partial charge in [0.25, 0.3) is 11.7 Å². The lowest BCUT2D eigenvalue weighted by Crippen LogP contribution is -2.60. The van der Waals surface area contributed by atoms with Crippen LogP contribution in [-0.2, 0) is 4.79 Å². The molecule has 2 aromatic rings. The second kappa shape index (κ2) is 6.95. The molecule has 0 bridgehead atoms. The number of amidine groups is 1. The van der Waals surface area contributed by atoms with E-state index in [1.165, 1.54) is 17.9 Å². The highest BCUT2D eigenvalue weighted by Crippen LogP contribution is 2.31. The van der Waals surface area contributed by atoms with Gasteiger partial charge in [-0.1, -0.05) is 35.1 Å². The molecular formula is C21H15F2N4O2+. The molecule has 0 spiro atoms. The molecule has 2 aliphatic heterocycles. The van der Waals surface area contributed by atoms with Crippen molar-refractivity contribution < 1.29 is 23.1 Å². The second-order valence-corrected chi connectivity index (χ2v) is 6.54. The molecule has 3 amide bonds. The summed E-state index contributed by atoms with van der Waals surface area (Å²) in [7, 11) is 3.00. The minimum atomic E-state index is -1.05. The number of amides is 3. The van der Waals surface area contributed by atoms with Gasteiger partial charge in [0.15, 0.2) is 17.6 Å². The summed E-state index contributed by atoms with van der Waals surface area (Å²) < 4.78 is 31.0. The summed E-state index contributed by atoms with van der Waals surface area (Å²) in [6.07, 6.45) is 1.34.